The molecule has 0 aliphatic carbocycles. The van der Waals surface area contributed by atoms with E-state index in [9.17, 15) is 5.11 Å². The number of aromatic nitrogens is 2. The minimum atomic E-state index is -0.253. The zero-order chi connectivity index (χ0) is 12.0. The molecule has 1 heterocycles. The van der Waals surface area contributed by atoms with E-state index >= 15 is 0 Å². The number of hydrogen-bond acceptors (Lipinski definition) is 3. The van der Waals surface area contributed by atoms with Gasteiger partial charge in [0, 0.05) is 25.3 Å². The highest BCUT2D eigenvalue weighted by Crippen LogP contribution is 2.08. The molecule has 92 valence electrons. The fraction of sp³-hybridized carbons (Fsp3) is 0.750. The van der Waals surface area contributed by atoms with Crippen LogP contribution in [0.15, 0.2) is 12.3 Å². The van der Waals surface area contributed by atoms with Gasteiger partial charge in [-0.1, -0.05) is 13.8 Å². The van der Waals surface area contributed by atoms with Crippen molar-refractivity contribution in [1.29, 1.82) is 0 Å². The number of aliphatic hydroxyl groups is 1. The lowest BCUT2D eigenvalue weighted by molar-refractivity contribution is 0.167. The van der Waals surface area contributed by atoms with Crippen LogP contribution >= 0.6 is 0 Å². The van der Waals surface area contributed by atoms with Gasteiger partial charge in [-0.05, 0) is 25.8 Å². The molecule has 0 aliphatic rings. The van der Waals surface area contributed by atoms with Crippen LogP contribution in [0.1, 0.15) is 45.3 Å². The Morgan fingerprint density at radius 3 is 2.81 bits per heavy atom. The summed E-state index contributed by atoms with van der Waals surface area (Å²) in [6, 6.07) is 2.48. The lowest BCUT2D eigenvalue weighted by Crippen LogP contribution is -2.25. The Hall–Kier alpha value is -0.870. The summed E-state index contributed by atoms with van der Waals surface area (Å²) in [5.74, 6) is 0. The van der Waals surface area contributed by atoms with E-state index in [1.54, 1.807) is 0 Å². The molecule has 1 aromatic rings. The smallest absolute Gasteiger partial charge is 0.0762 e. The van der Waals surface area contributed by atoms with Gasteiger partial charge in [0.25, 0.3) is 0 Å². The van der Waals surface area contributed by atoms with Crippen LogP contribution in [-0.4, -0.2) is 27.5 Å². The Balaban J connectivity index is 2.35. The molecule has 2 atom stereocenters. The maximum absolute atomic E-state index is 9.38. The van der Waals surface area contributed by atoms with Crippen molar-refractivity contribution in [2.24, 2.45) is 0 Å². The molecule has 1 aromatic heterocycles. The number of aliphatic hydroxyl groups excluding tert-OH is 1. The fourth-order valence-electron chi connectivity index (χ4n) is 1.42. The van der Waals surface area contributed by atoms with E-state index in [2.05, 4.69) is 24.3 Å². The van der Waals surface area contributed by atoms with E-state index in [-0.39, 0.29) is 6.10 Å². The van der Waals surface area contributed by atoms with Gasteiger partial charge in [-0.2, -0.15) is 5.10 Å². The fourth-order valence-corrected chi connectivity index (χ4v) is 1.42. The summed E-state index contributed by atoms with van der Waals surface area (Å²) in [5, 5.41) is 17.1. The molecule has 0 saturated carbocycles. The first-order valence-electron chi connectivity index (χ1n) is 6.10. The number of hydrogen-bond donors (Lipinski definition) is 2. The third kappa shape index (κ3) is 3.94. The van der Waals surface area contributed by atoms with Crippen molar-refractivity contribution < 1.29 is 5.11 Å². The third-order valence-corrected chi connectivity index (χ3v) is 2.86. The van der Waals surface area contributed by atoms with Crippen molar-refractivity contribution in [2.45, 2.75) is 52.3 Å². The molecule has 4 nitrogen and oxygen atoms in total. The van der Waals surface area contributed by atoms with E-state index in [1.807, 2.05) is 23.9 Å². The van der Waals surface area contributed by atoms with Crippen molar-refractivity contribution in [1.82, 2.24) is 15.1 Å². The van der Waals surface area contributed by atoms with Crippen molar-refractivity contribution in [3.05, 3.63) is 18.0 Å². The molecule has 1 rings (SSSR count). The maximum atomic E-state index is 9.38. The third-order valence-electron chi connectivity index (χ3n) is 2.86. The van der Waals surface area contributed by atoms with Crippen molar-refractivity contribution in [3.63, 3.8) is 0 Å². The van der Waals surface area contributed by atoms with E-state index in [1.165, 1.54) is 0 Å². The lowest BCUT2D eigenvalue weighted by atomic mass is 10.3. The lowest BCUT2D eigenvalue weighted by Gasteiger charge is -2.09. The highest BCUT2D eigenvalue weighted by Gasteiger charge is 2.05. The Morgan fingerprint density at radius 1 is 1.44 bits per heavy atom. The van der Waals surface area contributed by atoms with Crippen LogP contribution in [0.3, 0.4) is 0 Å². The molecular formula is C12H23N3O. The summed E-state index contributed by atoms with van der Waals surface area (Å²) in [6.07, 6.45) is 3.63. The maximum Gasteiger partial charge on any atom is 0.0762 e. The van der Waals surface area contributed by atoms with Gasteiger partial charge in [0.1, 0.15) is 0 Å². The predicted octanol–water partition coefficient (Wildman–Crippen LogP) is 1.71. The number of rotatable bonds is 7. The van der Waals surface area contributed by atoms with Gasteiger partial charge in [0.15, 0.2) is 0 Å². The Bertz CT molecular complexity index is 298. The Labute approximate surface area is 97.7 Å². The number of nitrogens with one attached hydrogen (secondary N) is 1. The topological polar surface area (TPSA) is 50.1 Å². The van der Waals surface area contributed by atoms with Crippen molar-refractivity contribution >= 4 is 0 Å². The van der Waals surface area contributed by atoms with Crippen LogP contribution in [0.2, 0.25) is 0 Å². The first kappa shape index (κ1) is 13.2. The van der Waals surface area contributed by atoms with Crippen LogP contribution in [0.5, 0.6) is 0 Å². The Kier molecular flexibility index (Phi) is 5.49. The van der Waals surface area contributed by atoms with Crippen LogP contribution in [0, 0.1) is 0 Å². The summed E-state index contributed by atoms with van der Waals surface area (Å²) < 4.78 is 1.99. The molecule has 0 spiro atoms. The van der Waals surface area contributed by atoms with Gasteiger partial charge in [-0.15, -0.1) is 0 Å². The second-order valence-corrected chi connectivity index (χ2v) is 4.24. The molecule has 2 N–H and O–H groups in total. The molecule has 0 aliphatic heterocycles. The quantitative estimate of drug-likeness (QED) is 0.743. The zero-order valence-corrected chi connectivity index (χ0v) is 10.5. The van der Waals surface area contributed by atoms with E-state index < -0.39 is 0 Å². The van der Waals surface area contributed by atoms with Gasteiger partial charge < -0.3 is 10.4 Å². The molecule has 2 unspecified atom stereocenters. The van der Waals surface area contributed by atoms with E-state index in [0.717, 1.165) is 25.1 Å². The molecule has 0 bridgehead atoms. The SMILES string of the molecule is CCC(O)CNCc1ccn(C(C)CC)n1. The van der Waals surface area contributed by atoms with Crippen LogP contribution in [0.25, 0.3) is 0 Å². The van der Waals surface area contributed by atoms with E-state index in [4.69, 9.17) is 0 Å². The first-order chi connectivity index (χ1) is 7.67. The normalized spacial score (nSPS) is 15.0. The van der Waals surface area contributed by atoms with Crippen LogP contribution < -0.4 is 5.32 Å². The highest BCUT2D eigenvalue weighted by atomic mass is 16.3. The standard InChI is InChI=1S/C12H23N3O/c1-4-10(3)15-7-6-11(14-15)8-13-9-12(16)5-2/h6-7,10,12-13,16H,4-5,8-9H2,1-3H3. The largest absolute Gasteiger partial charge is 0.392 e. The Morgan fingerprint density at radius 2 is 2.19 bits per heavy atom. The summed E-state index contributed by atoms with van der Waals surface area (Å²) in [5.41, 5.74) is 1.03. The summed E-state index contributed by atoms with van der Waals surface area (Å²) in [6.45, 7) is 7.64. The van der Waals surface area contributed by atoms with Crippen molar-refractivity contribution in [3.8, 4) is 0 Å². The minimum absolute atomic E-state index is 0.253. The average Bonchev–Trinajstić information content (AvgIpc) is 2.76. The molecule has 4 heteroatoms. The van der Waals surface area contributed by atoms with Gasteiger partial charge >= 0.3 is 0 Å². The van der Waals surface area contributed by atoms with E-state index in [0.29, 0.717) is 12.6 Å². The molecule has 16 heavy (non-hydrogen) atoms. The van der Waals surface area contributed by atoms with Crippen molar-refractivity contribution in [2.75, 3.05) is 6.54 Å². The van der Waals surface area contributed by atoms with Gasteiger partial charge in [-0.25, -0.2) is 0 Å². The molecule has 0 fully saturated rings. The average molecular weight is 225 g/mol. The molecule has 0 radical (unpaired) electrons. The minimum Gasteiger partial charge on any atom is -0.392 e. The molecule has 0 aromatic carbocycles. The van der Waals surface area contributed by atoms with Gasteiger partial charge in [0.2, 0.25) is 0 Å². The summed E-state index contributed by atoms with van der Waals surface area (Å²) in [7, 11) is 0. The van der Waals surface area contributed by atoms with Crippen LogP contribution in [-0.2, 0) is 6.54 Å². The second kappa shape index (κ2) is 6.66. The van der Waals surface area contributed by atoms with Crippen LogP contribution in [0.4, 0.5) is 0 Å². The number of nitrogens with zero attached hydrogens (tertiary/aromatic N) is 2. The molecular weight excluding hydrogens is 202 g/mol. The first-order valence-corrected chi connectivity index (χ1v) is 6.10. The van der Waals surface area contributed by atoms with Gasteiger partial charge in [0.05, 0.1) is 11.8 Å². The highest BCUT2D eigenvalue weighted by molar-refractivity contribution is 4.99. The monoisotopic (exact) mass is 225 g/mol. The predicted molar refractivity (Wildman–Crippen MR) is 65.2 cm³/mol. The summed E-state index contributed by atoms with van der Waals surface area (Å²) >= 11 is 0. The molecule has 0 amide bonds. The summed E-state index contributed by atoms with van der Waals surface area (Å²) in [4.78, 5) is 0. The van der Waals surface area contributed by atoms with Gasteiger partial charge in [-0.3, -0.25) is 4.68 Å². The second-order valence-electron chi connectivity index (χ2n) is 4.24. The zero-order valence-electron chi connectivity index (χ0n) is 10.5. The molecule has 0 saturated heterocycles.